The molecule has 3 heteroatoms. The molecule has 0 fully saturated rings. The van der Waals surface area contributed by atoms with Gasteiger partial charge in [0.2, 0.25) is 5.91 Å². The lowest BCUT2D eigenvalue weighted by molar-refractivity contribution is -0.122. The van der Waals surface area contributed by atoms with Crippen molar-refractivity contribution in [3.63, 3.8) is 0 Å². The second kappa shape index (κ2) is 20.7. The van der Waals surface area contributed by atoms with Gasteiger partial charge in [0.1, 0.15) is 0 Å². The molecule has 0 unspecified atom stereocenters. The Morgan fingerprint density at radius 2 is 1.33 bits per heavy atom. The summed E-state index contributed by atoms with van der Waals surface area (Å²) in [4.78, 5) is 11.5. The van der Waals surface area contributed by atoms with Gasteiger partial charge < -0.3 is 10.4 Å². The van der Waals surface area contributed by atoms with Crippen LogP contribution >= 0.6 is 0 Å². The molecule has 0 rings (SSSR count). The van der Waals surface area contributed by atoms with Crippen LogP contribution in [0.5, 0.6) is 0 Å². The van der Waals surface area contributed by atoms with Gasteiger partial charge in [-0.2, -0.15) is 0 Å². The van der Waals surface area contributed by atoms with E-state index in [0.717, 1.165) is 32.1 Å². The van der Waals surface area contributed by atoms with E-state index in [2.05, 4.69) is 60.8 Å². The average Bonchev–Trinajstić information content (AvgIpc) is 2.66. The van der Waals surface area contributed by atoms with Crippen molar-refractivity contribution in [2.75, 3.05) is 6.61 Å². The lowest BCUT2D eigenvalue weighted by atomic mass is 10.1. The summed E-state index contributed by atoms with van der Waals surface area (Å²) >= 11 is 0. The van der Waals surface area contributed by atoms with Gasteiger partial charge in [-0.1, -0.05) is 74.8 Å². The molecule has 27 heavy (non-hydrogen) atoms. The molecule has 0 aliphatic rings. The number of nitrogens with one attached hydrogen (secondary N) is 1. The number of aliphatic hydroxyl groups excluding tert-OH is 1. The normalized spacial score (nSPS) is 13.4. The van der Waals surface area contributed by atoms with Crippen LogP contribution in [0.2, 0.25) is 0 Å². The van der Waals surface area contributed by atoms with Crippen LogP contribution in [0.15, 0.2) is 48.6 Å². The van der Waals surface area contributed by atoms with Crippen LogP contribution in [0.25, 0.3) is 0 Å². The Labute approximate surface area is 167 Å². The summed E-state index contributed by atoms with van der Waals surface area (Å²) in [7, 11) is 0. The summed E-state index contributed by atoms with van der Waals surface area (Å²) in [6.45, 7) is 4.03. The smallest absolute Gasteiger partial charge is 0.220 e. The van der Waals surface area contributed by atoms with Crippen LogP contribution < -0.4 is 5.32 Å². The number of hydrogen-bond acceptors (Lipinski definition) is 2. The topological polar surface area (TPSA) is 49.3 Å². The summed E-state index contributed by atoms with van der Waals surface area (Å²) in [5, 5.41) is 11.6. The maximum Gasteiger partial charge on any atom is 0.220 e. The summed E-state index contributed by atoms with van der Waals surface area (Å²) in [6.07, 6.45) is 29.5. The van der Waals surface area contributed by atoms with Crippen molar-refractivity contribution < 1.29 is 9.90 Å². The summed E-state index contributed by atoms with van der Waals surface area (Å²) in [6, 6.07) is -0.154. The van der Waals surface area contributed by atoms with Gasteiger partial charge in [-0.25, -0.2) is 0 Å². The number of unbranched alkanes of at least 4 members (excludes halogenated alkanes) is 5. The van der Waals surface area contributed by atoms with Gasteiger partial charge in [0.25, 0.3) is 0 Å². The first-order chi connectivity index (χ1) is 13.2. The molecule has 0 bridgehead atoms. The van der Waals surface area contributed by atoms with Crippen molar-refractivity contribution in [1.82, 2.24) is 5.32 Å². The largest absolute Gasteiger partial charge is 0.394 e. The van der Waals surface area contributed by atoms with E-state index in [0.29, 0.717) is 6.42 Å². The summed E-state index contributed by atoms with van der Waals surface area (Å²) in [5.41, 5.74) is 0. The summed E-state index contributed by atoms with van der Waals surface area (Å²) < 4.78 is 0. The quantitative estimate of drug-likeness (QED) is 0.241. The molecule has 0 saturated heterocycles. The predicted octanol–water partition coefficient (Wildman–Crippen LogP) is 6.02. The van der Waals surface area contributed by atoms with Crippen molar-refractivity contribution in [2.24, 2.45) is 0 Å². The van der Waals surface area contributed by atoms with Crippen LogP contribution in [0.4, 0.5) is 0 Å². The lowest BCUT2D eigenvalue weighted by Gasteiger charge is -2.09. The second-order valence-electron chi connectivity index (χ2n) is 6.99. The molecule has 1 amide bonds. The molecule has 0 saturated carbocycles. The minimum absolute atomic E-state index is 0.0109. The number of rotatable bonds is 17. The molecular weight excluding hydrogens is 334 g/mol. The van der Waals surface area contributed by atoms with Gasteiger partial charge in [0.15, 0.2) is 0 Å². The number of hydrogen-bond donors (Lipinski definition) is 2. The fraction of sp³-hybridized carbons (Fsp3) is 0.625. The minimum atomic E-state index is -0.154. The molecule has 0 aromatic heterocycles. The zero-order chi connectivity index (χ0) is 20.0. The second-order valence-corrected chi connectivity index (χ2v) is 6.99. The molecule has 0 spiro atoms. The predicted molar refractivity (Wildman–Crippen MR) is 118 cm³/mol. The van der Waals surface area contributed by atoms with E-state index in [1.165, 1.54) is 32.1 Å². The maximum absolute atomic E-state index is 11.5. The number of aliphatic hydroxyl groups is 1. The van der Waals surface area contributed by atoms with Crippen LogP contribution in [0, 0.1) is 0 Å². The van der Waals surface area contributed by atoms with Gasteiger partial charge >= 0.3 is 0 Å². The van der Waals surface area contributed by atoms with Crippen LogP contribution in [-0.4, -0.2) is 23.7 Å². The van der Waals surface area contributed by atoms with Crippen LogP contribution in [0.3, 0.4) is 0 Å². The zero-order valence-corrected chi connectivity index (χ0v) is 17.5. The van der Waals surface area contributed by atoms with E-state index in [4.69, 9.17) is 5.11 Å². The molecule has 0 aromatic rings. The van der Waals surface area contributed by atoms with Crippen molar-refractivity contribution in [3.05, 3.63) is 48.6 Å². The lowest BCUT2D eigenvalue weighted by Crippen LogP contribution is -2.34. The molecular formula is C24H41NO2. The van der Waals surface area contributed by atoms with Gasteiger partial charge in [0, 0.05) is 12.5 Å². The van der Waals surface area contributed by atoms with Gasteiger partial charge in [0.05, 0.1) is 6.61 Å². The van der Waals surface area contributed by atoms with Crippen molar-refractivity contribution >= 4 is 5.91 Å². The van der Waals surface area contributed by atoms with Crippen LogP contribution in [-0.2, 0) is 4.79 Å². The molecule has 0 heterocycles. The van der Waals surface area contributed by atoms with E-state index < -0.39 is 0 Å². The number of amides is 1. The molecule has 0 aliphatic heterocycles. The Bertz CT molecular complexity index is 449. The van der Waals surface area contributed by atoms with Crippen molar-refractivity contribution in [3.8, 4) is 0 Å². The number of allylic oxidation sites excluding steroid dienone is 8. The third-order valence-corrected chi connectivity index (χ3v) is 4.16. The number of carbonyl (C=O) groups is 1. The summed E-state index contributed by atoms with van der Waals surface area (Å²) in [5.74, 6) is 0.0166. The van der Waals surface area contributed by atoms with E-state index in [1.54, 1.807) is 6.92 Å². The Balaban J connectivity index is 3.49. The average molecular weight is 376 g/mol. The Kier molecular flexibility index (Phi) is 19.5. The first-order valence-corrected chi connectivity index (χ1v) is 10.7. The van der Waals surface area contributed by atoms with E-state index in [9.17, 15) is 4.79 Å². The maximum atomic E-state index is 11.5. The molecule has 2 N–H and O–H groups in total. The standard InChI is InChI=1S/C24H41NO2/c1-3-4-5-6-7-8-9-10-11-12-13-14-15-16-17-18-19-20-21-24(27)25-23(2)22-26/h8-9,11-12,14-15,17-18,23,26H,3-7,10,13,16,19-22H2,1-2H3,(H,25,27)/b9-8+,12-11-,15-14-,18-17-/t23-/m1/s1. The van der Waals surface area contributed by atoms with Gasteiger partial charge in [-0.15, -0.1) is 0 Å². The highest BCUT2D eigenvalue weighted by Gasteiger charge is 2.04. The highest BCUT2D eigenvalue weighted by molar-refractivity contribution is 5.76. The number of carbonyl (C=O) groups excluding carboxylic acids is 1. The highest BCUT2D eigenvalue weighted by Crippen LogP contribution is 2.03. The highest BCUT2D eigenvalue weighted by atomic mass is 16.3. The van der Waals surface area contributed by atoms with Gasteiger partial charge in [-0.3, -0.25) is 4.79 Å². The van der Waals surface area contributed by atoms with E-state index in [1.807, 2.05) is 0 Å². The zero-order valence-electron chi connectivity index (χ0n) is 17.5. The van der Waals surface area contributed by atoms with Crippen molar-refractivity contribution in [1.29, 1.82) is 0 Å². The SMILES string of the molecule is CCCCCC/C=C/C/C=C\C/C=C\C/C=C\CCCC(=O)N[C@H](C)CO. The Morgan fingerprint density at radius 1 is 0.815 bits per heavy atom. The van der Waals surface area contributed by atoms with E-state index >= 15 is 0 Å². The fourth-order valence-electron chi connectivity index (χ4n) is 2.51. The molecule has 0 aliphatic carbocycles. The van der Waals surface area contributed by atoms with E-state index in [-0.39, 0.29) is 18.6 Å². The molecule has 1 atom stereocenters. The molecule has 154 valence electrons. The van der Waals surface area contributed by atoms with Gasteiger partial charge in [-0.05, 0) is 51.9 Å². The third kappa shape index (κ3) is 20.6. The molecule has 3 nitrogen and oxygen atoms in total. The Morgan fingerprint density at radius 3 is 1.85 bits per heavy atom. The van der Waals surface area contributed by atoms with Crippen LogP contribution in [0.1, 0.15) is 84.5 Å². The molecule has 0 aromatic carbocycles. The first-order valence-electron chi connectivity index (χ1n) is 10.7. The van der Waals surface area contributed by atoms with Crippen molar-refractivity contribution in [2.45, 2.75) is 90.5 Å². The Hall–Kier alpha value is -1.61. The third-order valence-electron chi connectivity index (χ3n) is 4.16. The first kappa shape index (κ1) is 25.4. The monoisotopic (exact) mass is 375 g/mol. The molecule has 0 radical (unpaired) electrons. The fourth-order valence-corrected chi connectivity index (χ4v) is 2.51. The minimum Gasteiger partial charge on any atom is -0.394 e.